The summed E-state index contributed by atoms with van der Waals surface area (Å²) in [6.45, 7) is 2.03. The number of aryl methyl sites for hydroxylation is 2. The lowest BCUT2D eigenvalue weighted by Crippen LogP contribution is -1.96. The molecule has 0 saturated carbocycles. The smallest absolute Gasteiger partial charge is 0.303 e. The summed E-state index contributed by atoms with van der Waals surface area (Å²) in [7, 11) is 0. The number of rotatable bonds is 3. The molecule has 0 amide bonds. The maximum absolute atomic E-state index is 10.5. The van der Waals surface area contributed by atoms with E-state index in [1.54, 1.807) is 0 Å². The summed E-state index contributed by atoms with van der Waals surface area (Å²) in [4.78, 5) is 13.7. The van der Waals surface area contributed by atoms with Gasteiger partial charge in [-0.05, 0) is 40.4 Å². The van der Waals surface area contributed by atoms with Gasteiger partial charge in [-0.3, -0.25) is 4.79 Å². The van der Waals surface area contributed by atoms with Crippen molar-refractivity contribution in [1.29, 1.82) is 0 Å². The van der Waals surface area contributed by atoms with Gasteiger partial charge in [-0.1, -0.05) is 12.1 Å². The Bertz CT molecular complexity index is 545. The second kappa shape index (κ2) is 4.29. The molecule has 3 nitrogen and oxygen atoms in total. The molecular formula is C12H12BrNO2. The van der Waals surface area contributed by atoms with E-state index in [4.69, 9.17) is 5.11 Å². The van der Waals surface area contributed by atoms with Crippen molar-refractivity contribution >= 4 is 32.8 Å². The fourth-order valence-corrected chi connectivity index (χ4v) is 2.23. The molecule has 0 aliphatic carbocycles. The Kier molecular flexibility index (Phi) is 3.01. The Balaban J connectivity index is 2.42. The molecule has 0 aliphatic heterocycles. The van der Waals surface area contributed by atoms with E-state index in [2.05, 4.69) is 20.9 Å². The third kappa shape index (κ3) is 1.97. The van der Waals surface area contributed by atoms with Crippen LogP contribution in [0.4, 0.5) is 0 Å². The van der Waals surface area contributed by atoms with Crippen molar-refractivity contribution in [3.8, 4) is 0 Å². The summed E-state index contributed by atoms with van der Waals surface area (Å²) in [5, 5.41) is 9.76. The number of carboxylic acid groups (broad SMARTS) is 1. The summed E-state index contributed by atoms with van der Waals surface area (Å²) in [6.07, 6.45) is 2.61. The van der Waals surface area contributed by atoms with Crippen LogP contribution < -0.4 is 0 Å². The molecule has 1 heterocycles. The lowest BCUT2D eigenvalue weighted by Gasteiger charge is -2.00. The Morgan fingerprint density at radius 2 is 2.25 bits per heavy atom. The van der Waals surface area contributed by atoms with E-state index in [9.17, 15) is 4.79 Å². The molecule has 0 unspecified atom stereocenters. The number of halogens is 1. The standard InChI is InChI=1S/C12H12BrNO2/c1-7-2-4-9-8(3-5-10(15)16)6-14-12(9)11(7)13/h2,4,6,14H,3,5H2,1H3,(H,15,16). The first-order chi connectivity index (χ1) is 7.59. The minimum atomic E-state index is -0.763. The molecule has 0 bridgehead atoms. The summed E-state index contributed by atoms with van der Waals surface area (Å²) in [6, 6.07) is 4.06. The molecule has 84 valence electrons. The number of H-pyrrole nitrogens is 1. The van der Waals surface area contributed by atoms with E-state index in [0.29, 0.717) is 6.42 Å². The van der Waals surface area contributed by atoms with Crippen LogP contribution in [0.15, 0.2) is 22.8 Å². The molecule has 0 atom stereocenters. The number of carbonyl (C=O) groups is 1. The van der Waals surface area contributed by atoms with Crippen molar-refractivity contribution in [3.63, 3.8) is 0 Å². The number of hydrogen-bond donors (Lipinski definition) is 2. The SMILES string of the molecule is Cc1ccc2c(CCC(=O)O)c[nH]c2c1Br. The van der Waals surface area contributed by atoms with Gasteiger partial charge in [0, 0.05) is 22.5 Å². The van der Waals surface area contributed by atoms with E-state index >= 15 is 0 Å². The van der Waals surface area contributed by atoms with Gasteiger partial charge >= 0.3 is 5.97 Å². The lowest BCUT2D eigenvalue weighted by molar-refractivity contribution is -0.136. The fourth-order valence-electron chi connectivity index (χ4n) is 1.77. The molecule has 2 N–H and O–H groups in total. The Morgan fingerprint density at radius 3 is 2.94 bits per heavy atom. The molecule has 2 rings (SSSR count). The molecule has 16 heavy (non-hydrogen) atoms. The summed E-state index contributed by atoms with van der Waals surface area (Å²) in [5.41, 5.74) is 3.26. The minimum Gasteiger partial charge on any atom is -0.481 e. The first kappa shape index (κ1) is 11.2. The molecular weight excluding hydrogens is 270 g/mol. The van der Waals surface area contributed by atoms with E-state index in [-0.39, 0.29) is 6.42 Å². The van der Waals surface area contributed by atoms with E-state index < -0.39 is 5.97 Å². The number of carboxylic acids is 1. The van der Waals surface area contributed by atoms with Crippen molar-refractivity contribution in [1.82, 2.24) is 4.98 Å². The van der Waals surface area contributed by atoms with Crippen LogP contribution in [0, 0.1) is 6.92 Å². The summed E-state index contributed by atoms with van der Waals surface area (Å²) in [5.74, 6) is -0.763. The molecule has 1 aromatic carbocycles. The molecule has 0 spiro atoms. The number of fused-ring (bicyclic) bond motifs is 1. The molecule has 0 radical (unpaired) electrons. The topological polar surface area (TPSA) is 53.1 Å². The van der Waals surface area contributed by atoms with Gasteiger partial charge in [0.25, 0.3) is 0 Å². The van der Waals surface area contributed by atoms with Crippen LogP contribution >= 0.6 is 15.9 Å². The number of aliphatic carboxylic acids is 1. The molecule has 0 fully saturated rings. The highest BCUT2D eigenvalue weighted by Gasteiger charge is 2.09. The monoisotopic (exact) mass is 281 g/mol. The predicted octanol–water partition coefficient (Wildman–Crippen LogP) is 3.26. The Morgan fingerprint density at radius 1 is 1.50 bits per heavy atom. The minimum absolute atomic E-state index is 0.165. The van der Waals surface area contributed by atoms with Crippen molar-refractivity contribution in [2.45, 2.75) is 19.8 Å². The maximum Gasteiger partial charge on any atom is 0.303 e. The van der Waals surface area contributed by atoms with E-state index in [1.165, 1.54) is 5.56 Å². The highest BCUT2D eigenvalue weighted by Crippen LogP contribution is 2.29. The van der Waals surface area contributed by atoms with Gasteiger partial charge in [0.1, 0.15) is 0 Å². The maximum atomic E-state index is 10.5. The van der Waals surface area contributed by atoms with Crippen LogP contribution in [0.3, 0.4) is 0 Å². The third-order valence-corrected chi connectivity index (χ3v) is 3.70. The second-order valence-corrected chi connectivity index (χ2v) is 4.62. The largest absolute Gasteiger partial charge is 0.481 e. The van der Waals surface area contributed by atoms with Gasteiger partial charge in [-0.25, -0.2) is 0 Å². The molecule has 0 aliphatic rings. The number of aromatic nitrogens is 1. The zero-order valence-electron chi connectivity index (χ0n) is 8.88. The first-order valence-corrected chi connectivity index (χ1v) is 5.85. The number of hydrogen-bond acceptors (Lipinski definition) is 1. The number of benzene rings is 1. The van der Waals surface area contributed by atoms with Gasteiger partial charge in [0.15, 0.2) is 0 Å². The highest BCUT2D eigenvalue weighted by molar-refractivity contribution is 9.10. The molecule has 0 saturated heterocycles. The lowest BCUT2D eigenvalue weighted by atomic mass is 10.1. The average molecular weight is 282 g/mol. The van der Waals surface area contributed by atoms with E-state index in [1.807, 2.05) is 25.3 Å². The van der Waals surface area contributed by atoms with Crippen LogP contribution in [0.5, 0.6) is 0 Å². The zero-order chi connectivity index (χ0) is 11.7. The quantitative estimate of drug-likeness (QED) is 0.907. The van der Waals surface area contributed by atoms with Gasteiger partial charge in [0.2, 0.25) is 0 Å². The Hall–Kier alpha value is -1.29. The first-order valence-electron chi connectivity index (χ1n) is 5.06. The molecule has 1 aromatic heterocycles. The van der Waals surface area contributed by atoms with Crippen LogP contribution in [0.2, 0.25) is 0 Å². The van der Waals surface area contributed by atoms with Gasteiger partial charge in [-0.2, -0.15) is 0 Å². The van der Waals surface area contributed by atoms with Crippen molar-refractivity contribution in [3.05, 3.63) is 33.9 Å². The van der Waals surface area contributed by atoms with Crippen LogP contribution in [0.1, 0.15) is 17.5 Å². The van der Waals surface area contributed by atoms with Crippen LogP contribution in [-0.2, 0) is 11.2 Å². The average Bonchev–Trinajstić information content (AvgIpc) is 2.64. The summed E-state index contributed by atoms with van der Waals surface area (Å²) < 4.78 is 1.05. The highest BCUT2D eigenvalue weighted by atomic mass is 79.9. The van der Waals surface area contributed by atoms with E-state index in [0.717, 1.165) is 20.9 Å². The second-order valence-electron chi connectivity index (χ2n) is 3.83. The molecule has 4 heteroatoms. The van der Waals surface area contributed by atoms with Crippen molar-refractivity contribution in [2.24, 2.45) is 0 Å². The van der Waals surface area contributed by atoms with Gasteiger partial charge < -0.3 is 10.1 Å². The number of nitrogens with one attached hydrogen (secondary N) is 1. The van der Waals surface area contributed by atoms with Crippen molar-refractivity contribution in [2.75, 3.05) is 0 Å². The fraction of sp³-hybridized carbons (Fsp3) is 0.250. The van der Waals surface area contributed by atoms with Gasteiger partial charge in [-0.15, -0.1) is 0 Å². The van der Waals surface area contributed by atoms with Crippen LogP contribution in [-0.4, -0.2) is 16.1 Å². The number of aromatic amines is 1. The third-order valence-electron chi connectivity index (χ3n) is 2.68. The zero-order valence-corrected chi connectivity index (χ0v) is 10.5. The predicted molar refractivity (Wildman–Crippen MR) is 66.7 cm³/mol. The molecule has 2 aromatic rings. The van der Waals surface area contributed by atoms with Crippen LogP contribution in [0.25, 0.3) is 10.9 Å². The normalized spacial score (nSPS) is 10.9. The van der Waals surface area contributed by atoms with Gasteiger partial charge in [0.05, 0.1) is 5.52 Å². The van der Waals surface area contributed by atoms with Crippen molar-refractivity contribution < 1.29 is 9.90 Å². The summed E-state index contributed by atoms with van der Waals surface area (Å²) >= 11 is 3.53. The Labute approximate surface area is 102 Å².